The molecule has 0 N–H and O–H groups in total. The number of halogens is 2. The molecule has 1 fully saturated rings. The van der Waals surface area contributed by atoms with Crippen LogP contribution in [0.25, 0.3) is 11.5 Å². The van der Waals surface area contributed by atoms with E-state index in [4.69, 9.17) is 8.83 Å². The van der Waals surface area contributed by atoms with Gasteiger partial charge in [-0.2, -0.15) is 0 Å². The van der Waals surface area contributed by atoms with Crippen molar-refractivity contribution in [1.29, 1.82) is 0 Å². The molecular formula is C19H17F2N3O3. The maximum absolute atomic E-state index is 13.4. The molecule has 1 aliphatic rings. The zero-order valence-electron chi connectivity index (χ0n) is 14.4. The number of furan rings is 1. The van der Waals surface area contributed by atoms with Crippen LogP contribution in [-0.4, -0.2) is 46.9 Å². The van der Waals surface area contributed by atoms with E-state index < -0.39 is 11.6 Å². The van der Waals surface area contributed by atoms with Gasteiger partial charge in [-0.05, 0) is 30.3 Å². The molecule has 0 aliphatic carbocycles. The van der Waals surface area contributed by atoms with Crippen molar-refractivity contribution in [2.75, 3.05) is 26.2 Å². The third-order valence-electron chi connectivity index (χ3n) is 4.50. The number of amides is 1. The van der Waals surface area contributed by atoms with Gasteiger partial charge in [0.1, 0.15) is 6.26 Å². The molecule has 1 aromatic carbocycles. The van der Waals surface area contributed by atoms with Crippen molar-refractivity contribution in [2.45, 2.75) is 6.54 Å². The minimum Gasteiger partial charge on any atom is -0.459 e. The van der Waals surface area contributed by atoms with E-state index in [1.165, 1.54) is 18.6 Å². The Kier molecular flexibility index (Phi) is 4.72. The molecule has 27 heavy (non-hydrogen) atoms. The van der Waals surface area contributed by atoms with Crippen LogP contribution in [0.5, 0.6) is 0 Å². The van der Waals surface area contributed by atoms with Crippen LogP contribution in [0.15, 0.2) is 51.7 Å². The molecule has 2 aromatic heterocycles. The molecular weight excluding hydrogens is 356 g/mol. The van der Waals surface area contributed by atoms with E-state index >= 15 is 0 Å². The quantitative estimate of drug-likeness (QED) is 0.703. The fourth-order valence-corrected chi connectivity index (χ4v) is 3.04. The van der Waals surface area contributed by atoms with Crippen molar-refractivity contribution < 1.29 is 22.4 Å². The summed E-state index contributed by atoms with van der Waals surface area (Å²) in [5.74, 6) is -1.37. The predicted molar refractivity (Wildman–Crippen MR) is 91.7 cm³/mol. The van der Waals surface area contributed by atoms with E-state index in [1.54, 1.807) is 17.0 Å². The van der Waals surface area contributed by atoms with Crippen LogP contribution >= 0.6 is 0 Å². The van der Waals surface area contributed by atoms with Crippen LogP contribution in [0.4, 0.5) is 8.78 Å². The first-order valence-corrected chi connectivity index (χ1v) is 8.55. The van der Waals surface area contributed by atoms with E-state index in [0.29, 0.717) is 49.7 Å². The molecule has 140 valence electrons. The van der Waals surface area contributed by atoms with Gasteiger partial charge < -0.3 is 13.7 Å². The molecule has 1 aliphatic heterocycles. The van der Waals surface area contributed by atoms with Crippen molar-refractivity contribution in [1.82, 2.24) is 14.8 Å². The summed E-state index contributed by atoms with van der Waals surface area (Å²) in [5.41, 5.74) is 1.08. The molecule has 1 saturated heterocycles. The Morgan fingerprint density at radius 2 is 1.89 bits per heavy atom. The average Bonchev–Trinajstić information content (AvgIpc) is 3.36. The number of oxazole rings is 1. The normalized spacial score (nSPS) is 15.3. The number of hydrogen-bond acceptors (Lipinski definition) is 5. The standard InChI is InChI=1S/C19H17F2N3O3/c20-15-4-3-13(10-16(15)21)18-22-14(12-27-18)11-23-5-7-24(8-6-23)19(25)17-2-1-9-26-17/h1-4,9-10,12H,5-8,11H2. The molecule has 0 saturated carbocycles. The molecule has 1 amide bonds. The summed E-state index contributed by atoms with van der Waals surface area (Å²) in [6.07, 6.45) is 3.00. The predicted octanol–water partition coefficient (Wildman–Crippen LogP) is 3.17. The molecule has 3 heterocycles. The fraction of sp³-hybridized carbons (Fsp3) is 0.263. The maximum Gasteiger partial charge on any atom is 0.289 e. The molecule has 4 rings (SSSR count). The Hall–Kier alpha value is -3.00. The Morgan fingerprint density at radius 3 is 2.59 bits per heavy atom. The van der Waals surface area contributed by atoms with Gasteiger partial charge in [-0.25, -0.2) is 13.8 Å². The summed E-state index contributed by atoms with van der Waals surface area (Å²) in [7, 11) is 0. The molecule has 8 heteroatoms. The summed E-state index contributed by atoms with van der Waals surface area (Å²) in [6, 6.07) is 6.88. The van der Waals surface area contributed by atoms with Gasteiger partial charge in [0.25, 0.3) is 5.91 Å². The van der Waals surface area contributed by atoms with Gasteiger partial charge >= 0.3 is 0 Å². The summed E-state index contributed by atoms with van der Waals surface area (Å²) >= 11 is 0. The van der Waals surface area contributed by atoms with Gasteiger partial charge in [-0.15, -0.1) is 0 Å². The number of benzene rings is 1. The van der Waals surface area contributed by atoms with Crippen molar-refractivity contribution in [2.24, 2.45) is 0 Å². The molecule has 0 bridgehead atoms. The lowest BCUT2D eigenvalue weighted by Gasteiger charge is -2.33. The first-order valence-electron chi connectivity index (χ1n) is 8.55. The number of carbonyl (C=O) groups is 1. The van der Waals surface area contributed by atoms with Gasteiger partial charge in [-0.3, -0.25) is 9.69 Å². The van der Waals surface area contributed by atoms with E-state index in [-0.39, 0.29) is 11.8 Å². The van der Waals surface area contributed by atoms with Crippen molar-refractivity contribution in [3.63, 3.8) is 0 Å². The lowest BCUT2D eigenvalue weighted by molar-refractivity contribution is 0.0596. The summed E-state index contributed by atoms with van der Waals surface area (Å²) in [5, 5.41) is 0. The Morgan fingerprint density at radius 1 is 1.07 bits per heavy atom. The minimum atomic E-state index is -0.940. The molecule has 0 unspecified atom stereocenters. The lowest BCUT2D eigenvalue weighted by Crippen LogP contribution is -2.48. The summed E-state index contributed by atoms with van der Waals surface area (Å²) in [4.78, 5) is 20.5. The average molecular weight is 373 g/mol. The van der Waals surface area contributed by atoms with Crippen molar-refractivity contribution >= 4 is 5.91 Å². The largest absolute Gasteiger partial charge is 0.459 e. The van der Waals surface area contributed by atoms with Crippen molar-refractivity contribution in [3.8, 4) is 11.5 Å². The highest BCUT2D eigenvalue weighted by atomic mass is 19.2. The Bertz CT molecular complexity index is 932. The highest BCUT2D eigenvalue weighted by Crippen LogP contribution is 2.22. The zero-order valence-corrected chi connectivity index (χ0v) is 14.4. The van der Waals surface area contributed by atoms with E-state index in [1.807, 2.05) is 0 Å². The molecule has 0 atom stereocenters. The second-order valence-electron chi connectivity index (χ2n) is 6.32. The summed E-state index contributed by atoms with van der Waals surface area (Å²) < 4.78 is 36.9. The molecule has 6 nitrogen and oxygen atoms in total. The lowest BCUT2D eigenvalue weighted by atomic mass is 10.2. The fourth-order valence-electron chi connectivity index (χ4n) is 3.04. The van der Waals surface area contributed by atoms with Crippen LogP contribution in [0.1, 0.15) is 16.2 Å². The SMILES string of the molecule is O=C(c1ccco1)N1CCN(Cc2coc(-c3ccc(F)c(F)c3)n2)CC1. The van der Waals surface area contributed by atoms with Crippen LogP contribution in [0.2, 0.25) is 0 Å². The van der Waals surface area contributed by atoms with Gasteiger partial charge in [0.05, 0.1) is 12.0 Å². The topological polar surface area (TPSA) is 62.7 Å². The highest BCUT2D eigenvalue weighted by Gasteiger charge is 2.24. The second-order valence-corrected chi connectivity index (χ2v) is 6.32. The van der Waals surface area contributed by atoms with Crippen LogP contribution in [0.3, 0.4) is 0 Å². The number of rotatable bonds is 4. The Labute approximate surface area is 154 Å². The molecule has 3 aromatic rings. The number of aromatic nitrogens is 1. The first-order chi connectivity index (χ1) is 13.1. The minimum absolute atomic E-state index is 0.110. The van der Waals surface area contributed by atoms with Crippen molar-refractivity contribution in [3.05, 3.63) is 65.9 Å². The number of nitrogens with zero attached hydrogens (tertiary/aromatic N) is 3. The first kappa shape index (κ1) is 17.4. The molecule has 0 spiro atoms. The second kappa shape index (κ2) is 7.32. The number of carbonyl (C=O) groups excluding carboxylic acids is 1. The van der Waals surface area contributed by atoms with E-state index in [2.05, 4.69) is 9.88 Å². The monoisotopic (exact) mass is 373 g/mol. The summed E-state index contributed by atoms with van der Waals surface area (Å²) in [6.45, 7) is 3.12. The van der Waals surface area contributed by atoms with Gasteiger partial charge in [0.2, 0.25) is 5.89 Å². The van der Waals surface area contributed by atoms with Crippen LogP contribution in [-0.2, 0) is 6.54 Å². The van der Waals surface area contributed by atoms with Gasteiger partial charge in [0, 0.05) is 38.3 Å². The third kappa shape index (κ3) is 3.75. The number of hydrogen-bond donors (Lipinski definition) is 0. The molecule has 0 radical (unpaired) electrons. The van der Waals surface area contributed by atoms with Gasteiger partial charge in [0.15, 0.2) is 17.4 Å². The number of piperazine rings is 1. The van der Waals surface area contributed by atoms with Crippen LogP contribution < -0.4 is 0 Å². The van der Waals surface area contributed by atoms with Crippen LogP contribution in [0, 0.1) is 11.6 Å². The highest BCUT2D eigenvalue weighted by molar-refractivity contribution is 5.91. The Balaban J connectivity index is 1.35. The third-order valence-corrected chi connectivity index (χ3v) is 4.50. The smallest absolute Gasteiger partial charge is 0.289 e. The zero-order chi connectivity index (χ0) is 18.8. The maximum atomic E-state index is 13.4. The van der Waals surface area contributed by atoms with E-state index in [0.717, 1.165) is 12.1 Å². The van der Waals surface area contributed by atoms with E-state index in [9.17, 15) is 13.6 Å². The van der Waals surface area contributed by atoms with Gasteiger partial charge in [-0.1, -0.05) is 0 Å².